The Morgan fingerprint density at radius 3 is 2.74 bits per heavy atom. The number of piperidine rings is 1. The van der Waals surface area contributed by atoms with Crippen molar-refractivity contribution in [3.63, 3.8) is 0 Å². The molecule has 4 aromatic rings. The minimum absolute atomic E-state index is 0.103. The molecule has 0 spiro atoms. The highest BCUT2D eigenvalue weighted by atomic mass is 79.9. The zero-order valence-electron chi connectivity index (χ0n) is 22.4. The predicted octanol–water partition coefficient (Wildman–Crippen LogP) is 5.68. The lowest BCUT2D eigenvalue weighted by Crippen LogP contribution is -2.54. The Hall–Kier alpha value is -2.63. The molecular weight excluding hydrogens is 650 g/mol. The van der Waals surface area contributed by atoms with Crippen molar-refractivity contribution < 1.29 is 19.0 Å². The van der Waals surface area contributed by atoms with Crippen LogP contribution < -0.4 is 5.32 Å². The van der Waals surface area contributed by atoms with E-state index in [-0.39, 0.29) is 11.0 Å². The number of nitrogens with zero attached hydrogens (tertiary/aromatic N) is 5. The summed E-state index contributed by atoms with van der Waals surface area (Å²) in [6.45, 7) is 1.61. The summed E-state index contributed by atoms with van der Waals surface area (Å²) in [5, 5.41) is 36.6. The first-order chi connectivity index (χ1) is 20.2. The van der Waals surface area contributed by atoms with Crippen LogP contribution in [0.4, 0.5) is 8.78 Å². The van der Waals surface area contributed by atoms with Crippen LogP contribution in [-0.2, 0) is 13.1 Å². The number of aliphatic hydroxyl groups is 2. The molecule has 220 valence electrons. The molecule has 3 aromatic heterocycles. The number of nitriles is 1. The highest BCUT2D eigenvalue weighted by Gasteiger charge is 2.35. The lowest BCUT2D eigenvalue weighted by atomic mass is 9.80. The number of aromatic nitrogens is 2. The quantitative estimate of drug-likeness (QED) is 0.232. The van der Waals surface area contributed by atoms with Gasteiger partial charge >= 0.3 is 0 Å². The molecule has 42 heavy (non-hydrogen) atoms. The van der Waals surface area contributed by atoms with Crippen molar-refractivity contribution >= 4 is 60.0 Å². The fourth-order valence-electron chi connectivity index (χ4n) is 5.89. The van der Waals surface area contributed by atoms with E-state index in [1.165, 1.54) is 22.4 Å². The summed E-state index contributed by atoms with van der Waals surface area (Å²) in [7, 11) is 0. The number of nitrogens with one attached hydrogen (secondary N) is 1. The number of halogens is 4. The highest BCUT2D eigenvalue weighted by molar-refractivity contribution is 9.11. The number of rotatable bonds is 7. The van der Waals surface area contributed by atoms with Gasteiger partial charge in [0.1, 0.15) is 6.23 Å². The first kappa shape index (κ1) is 29.4. The minimum Gasteiger partial charge on any atom is -0.373 e. The van der Waals surface area contributed by atoms with Gasteiger partial charge in [-0.3, -0.25) is 4.98 Å². The standard InChI is InChI=1S/C29H28BrClF2N6O2S/c30-22-13-38(14-24(32)33)28(41)39(27(22)40)12-19-11-23-26(42-19)20(1-5-36-23)21-10-18(31)9-17-2-8-37(25(17)21)16-29(15-34)3-6-35-7-4-29/h1-2,5,8-11,13,24,27-28,35,40-41H,3-4,6-7,12,14,16H2. The second-order valence-corrected chi connectivity index (χ2v) is 13.2. The number of pyridine rings is 1. The van der Waals surface area contributed by atoms with Gasteiger partial charge in [-0.15, -0.1) is 11.3 Å². The lowest BCUT2D eigenvalue weighted by molar-refractivity contribution is -0.168. The summed E-state index contributed by atoms with van der Waals surface area (Å²) in [5.41, 5.74) is 3.07. The van der Waals surface area contributed by atoms with E-state index in [1.807, 2.05) is 36.5 Å². The molecule has 2 atom stereocenters. The SMILES string of the molecule is N#CC1(Cn2ccc3cc(Cl)cc(-c4ccnc5cc(CN6C(O)C(Br)=CN(CC(F)F)C6O)sc45)c32)CCNCC1. The van der Waals surface area contributed by atoms with Crippen molar-refractivity contribution in [1.82, 2.24) is 24.7 Å². The Morgan fingerprint density at radius 1 is 1.21 bits per heavy atom. The Labute approximate surface area is 258 Å². The van der Waals surface area contributed by atoms with Gasteiger partial charge in [0.25, 0.3) is 6.43 Å². The van der Waals surface area contributed by atoms with Crippen LogP contribution in [0.15, 0.2) is 53.4 Å². The van der Waals surface area contributed by atoms with E-state index in [2.05, 4.69) is 36.9 Å². The third kappa shape index (κ3) is 5.55. The monoisotopic (exact) mass is 676 g/mol. The van der Waals surface area contributed by atoms with Gasteiger partial charge in [-0.1, -0.05) is 11.6 Å². The first-order valence-corrected chi connectivity index (χ1v) is 15.5. The predicted molar refractivity (Wildman–Crippen MR) is 163 cm³/mol. The van der Waals surface area contributed by atoms with Gasteiger partial charge in [0.05, 0.1) is 38.2 Å². The number of thiophene rings is 1. The molecule has 5 heterocycles. The van der Waals surface area contributed by atoms with Crippen molar-refractivity contribution in [1.29, 1.82) is 5.26 Å². The topological polar surface area (TPSA) is 101 Å². The summed E-state index contributed by atoms with van der Waals surface area (Å²) < 4.78 is 29.6. The maximum absolute atomic E-state index is 13.1. The Kier molecular flexibility index (Phi) is 8.28. The van der Waals surface area contributed by atoms with Crippen LogP contribution in [0.25, 0.3) is 32.2 Å². The van der Waals surface area contributed by atoms with E-state index in [0.717, 1.165) is 68.0 Å². The van der Waals surface area contributed by atoms with Crippen LogP contribution >= 0.6 is 38.9 Å². The van der Waals surface area contributed by atoms with E-state index in [0.29, 0.717) is 11.6 Å². The summed E-state index contributed by atoms with van der Waals surface area (Å²) in [5.74, 6) is 0. The molecule has 2 unspecified atom stereocenters. The molecule has 0 bridgehead atoms. The molecule has 1 aromatic carbocycles. The molecular formula is C29H28BrClF2N6O2S. The highest BCUT2D eigenvalue weighted by Crippen LogP contribution is 2.41. The van der Waals surface area contributed by atoms with Crippen LogP contribution in [0, 0.1) is 16.7 Å². The van der Waals surface area contributed by atoms with Gasteiger partial charge in [0.2, 0.25) is 0 Å². The van der Waals surface area contributed by atoms with Gasteiger partial charge in [0, 0.05) is 58.1 Å². The first-order valence-electron chi connectivity index (χ1n) is 13.5. The third-order valence-electron chi connectivity index (χ3n) is 7.98. The molecule has 1 fully saturated rings. The summed E-state index contributed by atoms with van der Waals surface area (Å²) in [6, 6.07) is 12.3. The summed E-state index contributed by atoms with van der Waals surface area (Å²) in [6.07, 6.45) is 1.28. The van der Waals surface area contributed by atoms with Crippen LogP contribution in [0.5, 0.6) is 0 Å². The molecule has 0 aliphatic carbocycles. The molecule has 1 saturated heterocycles. The number of alkyl halides is 2. The van der Waals surface area contributed by atoms with Crippen LogP contribution in [-0.4, -0.2) is 68.2 Å². The van der Waals surface area contributed by atoms with Crippen LogP contribution in [0.2, 0.25) is 5.02 Å². The minimum atomic E-state index is -2.66. The lowest BCUT2D eigenvalue weighted by Gasteiger charge is -2.41. The molecule has 6 rings (SSSR count). The van der Waals surface area contributed by atoms with Crippen molar-refractivity contribution in [2.45, 2.75) is 44.9 Å². The van der Waals surface area contributed by atoms with Crippen molar-refractivity contribution in [3.8, 4) is 17.2 Å². The smallest absolute Gasteiger partial charge is 0.255 e. The Balaban J connectivity index is 1.39. The molecule has 3 N–H and O–H groups in total. The second kappa shape index (κ2) is 11.8. The number of fused-ring (bicyclic) bond motifs is 2. The van der Waals surface area contributed by atoms with E-state index < -0.39 is 31.0 Å². The van der Waals surface area contributed by atoms with Gasteiger partial charge in [-0.05, 0) is 72.2 Å². The van der Waals surface area contributed by atoms with Crippen molar-refractivity contribution in [2.24, 2.45) is 5.41 Å². The Bertz CT molecular complexity index is 1700. The summed E-state index contributed by atoms with van der Waals surface area (Å²) in [4.78, 5) is 7.77. The van der Waals surface area contributed by atoms with Crippen LogP contribution in [0.1, 0.15) is 17.7 Å². The van der Waals surface area contributed by atoms with Gasteiger partial charge < -0.3 is 25.0 Å². The van der Waals surface area contributed by atoms with Crippen molar-refractivity contribution in [3.05, 3.63) is 63.3 Å². The molecule has 0 saturated carbocycles. The Morgan fingerprint density at radius 2 is 2.00 bits per heavy atom. The molecule has 8 nitrogen and oxygen atoms in total. The third-order valence-corrected chi connectivity index (χ3v) is 9.95. The number of benzene rings is 1. The molecule has 2 aliphatic heterocycles. The van der Waals surface area contributed by atoms with Gasteiger partial charge in [-0.25, -0.2) is 13.7 Å². The fraction of sp³-hybridized carbons (Fsp3) is 0.379. The zero-order valence-corrected chi connectivity index (χ0v) is 25.5. The zero-order chi connectivity index (χ0) is 29.6. The fourth-order valence-corrected chi connectivity index (χ4v) is 7.79. The maximum Gasteiger partial charge on any atom is 0.255 e. The van der Waals surface area contributed by atoms with Gasteiger partial charge in [0.15, 0.2) is 6.35 Å². The number of hydrogen-bond acceptors (Lipinski definition) is 8. The van der Waals surface area contributed by atoms with E-state index in [9.17, 15) is 24.3 Å². The molecule has 13 heteroatoms. The largest absolute Gasteiger partial charge is 0.373 e. The number of aliphatic hydroxyl groups excluding tert-OH is 2. The molecule has 0 radical (unpaired) electrons. The number of hydrogen-bond donors (Lipinski definition) is 3. The average Bonchev–Trinajstić information content (AvgIpc) is 3.57. The van der Waals surface area contributed by atoms with Crippen molar-refractivity contribution in [2.75, 3.05) is 19.6 Å². The molecule has 2 aliphatic rings. The van der Waals surface area contributed by atoms with E-state index >= 15 is 0 Å². The molecule has 0 amide bonds. The van der Waals surface area contributed by atoms with E-state index in [4.69, 9.17) is 11.6 Å². The maximum atomic E-state index is 13.1. The average molecular weight is 678 g/mol. The van der Waals surface area contributed by atoms with Crippen LogP contribution in [0.3, 0.4) is 0 Å². The normalized spacial score (nSPS) is 21.3. The second-order valence-electron chi connectivity index (χ2n) is 10.8. The van der Waals surface area contributed by atoms with Gasteiger partial charge in [-0.2, -0.15) is 5.26 Å². The van der Waals surface area contributed by atoms with E-state index in [1.54, 1.807) is 6.20 Å². The summed E-state index contributed by atoms with van der Waals surface area (Å²) >= 11 is 11.3.